The molecule has 1 saturated carbocycles. The van der Waals surface area contributed by atoms with Crippen LogP contribution in [-0.2, 0) is 6.18 Å². The third kappa shape index (κ3) is 3.18. The molecule has 1 heterocycles. The van der Waals surface area contributed by atoms with Crippen molar-refractivity contribution in [1.29, 1.82) is 0 Å². The Morgan fingerprint density at radius 1 is 1.05 bits per heavy atom. The fourth-order valence-electron chi connectivity index (χ4n) is 3.23. The number of nitrogens with zero attached hydrogens (tertiary/aromatic N) is 1. The van der Waals surface area contributed by atoms with Crippen LogP contribution in [0.15, 0.2) is 41.0 Å². The van der Waals surface area contributed by atoms with Gasteiger partial charge in [-0.25, -0.2) is 0 Å². The van der Waals surface area contributed by atoms with E-state index >= 15 is 0 Å². The normalized spacial score (nSPS) is 20.1. The Kier molecular flexibility index (Phi) is 4.23. The number of rotatable bonds is 2. The summed E-state index contributed by atoms with van der Waals surface area (Å²) in [4.78, 5) is 4.25. The van der Waals surface area contributed by atoms with Gasteiger partial charge in [0.1, 0.15) is 5.84 Å². The highest BCUT2D eigenvalue weighted by atomic mass is 19.4. The average Bonchev–Trinajstić information content (AvgIpc) is 2.55. The third-order valence-corrected chi connectivity index (χ3v) is 4.36. The highest BCUT2D eigenvalue weighted by molar-refractivity contribution is 6.01. The molecule has 2 aliphatic rings. The number of halogens is 3. The maximum absolute atomic E-state index is 13.2. The summed E-state index contributed by atoms with van der Waals surface area (Å²) in [6, 6.07) is 5.62. The van der Waals surface area contributed by atoms with Crippen LogP contribution in [0, 0.1) is 5.92 Å². The van der Waals surface area contributed by atoms with Gasteiger partial charge >= 0.3 is 6.18 Å². The molecule has 0 spiro atoms. The summed E-state index contributed by atoms with van der Waals surface area (Å²) in [7, 11) is 0. The molecule has 22 heavy (non-hydrogen) atoms. The van der Waals surface area contributed by atoms with Gasteiger partial charge in [0, 0.05) is 11.3 Å². The van der Waals surface area contributed by atoms with Gasteiger partial charge < -0.3 is 5.32 Å². The first-order valence-corrected chi connectivity index (χ1v) is 7.74. The quantitative estimate of drug-likeness (QED) is 0.853. The Balaban J connectivity index is 1.83. The van der Waals surface area contributed by atoms with Crippen molar-refractivity contribution >= 4 is 5.84 Å². The number of benzene rings is 1. The summed E-state index contributed by atoms with van der Waals surface area (Å²) in [5.74, 6) is 0.772. The van der Waals surface area contributed by atoms with Crippen molar-refractivity contribution in [3.05, 3.63) is 47.2 Å². The van der Waals surface area contributed by atoms with E-state index in [0.717, 1.165) is 24.6 Å². The van der Waals surface area contributed by atoms with Gasteiger partial charge in [-0.1, -0.05) is 37.5 Å². The minimum atomic E-state index is -4.37. The second kappa shape index (κ2) is 6.15. The SMILES string of the molecule is FC(F)(F)c1ccccc1C1=NCC=C(C2CCCCC2)N1. The van der Waals surface area contributed by atoms with Crippen molar-refractivity contribution in [2.45, 2.75) is 38.3 Å². The van der Waals surface area contributed by atoms with Gasteiger partial charge in [0.15, 0.2) is 0 Å². The number of alkyl halides is 3. The average molecular weight is 308 g/mol. The zero-order chi connectivity index (χ0) is 15.6. The summed E-state index contributed by atoms with van der Waals surface area (Å²) in [6.45, 7) is 0.445. The number of aliphatic imine (C=N–C) groups is 1. The molecule has 0 atom stereocenters. The molecule has 0 bridgehead atoms. The predicted octanol–water partition coefficient (Wildman–Crippen LogP) is 4.52. The van der Waals surface area contributed by atoms with E-state index in [1.165, 1.54) is 31.4 Å². The summed E-state index contributed by atoms with van der Waals surface area (Å²) >= 11 is 0. The van der Waals surface area contributed by atoms with Gasteiger partial charge in [-0.2, -0.15) is 13.2 Å². The van der Waals surface area contributed by atoms with E-state index in [1.807, 2.05) is 6.08 Å². The summed E-state index contributed by atoms with van der Waals surface area (Å²) in [5, 5.41) is 3.16. The molecule has 5 heteroatoms. The van der Waals surface area contributed by atoms with Crippen molar-refractivity contribution in [3.8, 4) is 0 Å². The molecule has 1 aromatic rings. The molecule has 1 aliphatic carbocycles. The Hall–Kier alpha value is -1.78. The summed E-state index contributed by atoms with van der Waals surface area (Å²) in [5.41, 5.74) is 0.546. The summed E-state index contributed by atoms with van der Waals surface area (Å²) < 4.78 is 39.5. The third-order valence-electron chi connectivity index (χ3n) is 4.36. The van der Waals surface area contributed by atoms with E-state index in [1.54, 1.807) is 6.07 Å². The molecule has 0 radical (unpaired) electrons. The topological polar surface area (TPSA) is 24.4 Å². The first-order valence-electron chi connectivity index (χ1n) is 7.74. The van der Waals surface area contributed by atoms with Crippen LogP contribution in [0.3, 0.4) is 0 Å². The highest BCUT2D eigenvalue weighted by Gasteiger charge is 2.34. The van der Waals surface area contributed by atoms with Gasteiger partial charge in [0.2, 0.25) is 0 Å². The van der Waals surface area contributed by atoms with Crippen molar-refractivity contribution in [3.63, 3.8) is 0 Å². The monoisotopic (exact) mass is 308 g/mol. The molecule has 0 saturated heterocycles. The molecule has 1 aliphatic heterocycles. The number of allylic oxidation sites excluding steroid dienone is 1. The van der Waals surface area contributed by atoms with Crippen molar-refractivity contribution < 1.29 is 13.2 Å². The molecule has 1 N–H and O–H groups in total. The van der Waals surface area contributed by atoms with Crippen LogP contribution in [0.5, 0.6) is 0 Å². The first-order chi connectivity index (χ1) is 10.6. The van der Waals surface area contributed by atoms with Gasteiger partial charge in [-0.3, -0.25) is 4.99 Å². The van der Waals surface area contributed by atoms with E-state index in [2.05, 4.69) is 10.3 Å². The van der Waals surface area contributed by atoms with Crippen LogP contribution in [0.1, 0.15) is 43.2 Å². The standard InChI is InChI=1S/C17H19F3N2/c18-17(19,20)14-9-5-4-8-13(14)16-21-11-10-15(22-16)12-6-2-1-3-7-12/h4-5,8-10,12H,1-3,6-7,11H2,(H,21,22). The van der Waals surface area contributed by atoms with Crippen LogP contribution in [0.4, 0.5) is 13.2 Å². The Labute approximate surface area is 128 Å². The molecule has 1 aromatic carbocycles. The minimum absolute atomic E-state index is 0.136. The molecule has 1 fully saturated rings. The van der Waals surface area contributed by atoms with Gasteiger partial charge in [-0.05, 0) is 30.9 Å². The fraction of sp³-hybridized carbons (Fsp3) is 0.471. The highest BCUT2D eigenvalue weighted by Crippen LogP contribution is 2.33. The number of amidine groups is 1. The number of nitrogens with one attached hydrogen (secondary N) is 1. The Morgan fingerprint density at radius 3 is 2.50 bits per heavy atom. The van der Waals surface area contributed by atoms with E-state index < -0.39 is 11.7 Å². The van der Waals surface area contributed by atoms with E-state index in [9.17, 15) is 13.2 Å². The molecule has 118 valence electrons. The van der Waals surface area contributed by atoms with Crippen molar-refractivity contribution in [2.75, 3.05) is 6.54 Å². The molecule has 2 nitrogen and oxygen atoms in total. The Bertz CT molecular complexity index is 596. The lowest BCUT2D eigenvalue weighted by Crippen LogP contribution is -2.33. The molecular weight excluding hydrogens is 289 g/mol. The van der Waals surface area contributed by atoms with Crippen molar-refractivity contribution in [2.24, 2.45) is 10.9 Å². The first kappa shape index (κ1) is 15.1. The largest absolute Gasteiger partial charge is 0.417 e. The van der Waals surface area contributed by atoms with Crippen LogP contribution < -0.4 is 5.32 Å². The lowest BCUT2D eigenvalue weighted by Gasteiger charge is -2.28. The van der Waals surface area contributed by atoms with Gasteiger partial charge in [0.05, 0.1) is 12.1 Å². The van der Waals surface area contributed by atoms with E-state index in [4.69, 9.17) is 0 Å². The maximum Gasteiger partial charge on any atom is 0.417 e. The lowest BCUT2D eigenvalue weighted by atomic mass is 9.86. The van der Waals surface area contributed by atoms with Crippen LogP contribution in [0.2, 0.25) is 0 Å². The molecule has 0 unspecified atom stereocenters. The molecule has 3 rings (SSSR count). The summed E-state index contributed by atoms with van der Waals surface area (Å²) in [6.07, 6.45) is 3.48. The molecule has 0 amide bonds. The number of hydrogen-bond donors (Lipinski definition) is 1. The predicted molar refractivity (Wildman–Crippen MR) is 80.6 cm³/mol. The second-order valence-corrected chi connectivity index (χ2v) is 5.85. The Morgan fingerprint density at radius 2 is 1.77 bits per heavy atom. The lowest BCUT2D eigenvalue weighted by molar-refractivity contribution is -0.137. The number of hydrogen-bond acceptors (Lipinski definition) is 2. The van der Waals surface area contributed by atoms with Gasteiger partial charge in [-0.15, -0.1) is 0 Å². The zero-order valence-corrected chi connectivity index (χ0v) is 12.3. The van der Waals surface area contributed by atoms with Crippen LogP contribution >= 0.6 is 0 Å². The fourth-order valence-corrected chi connectivity index (χ4v) is 3.23. The maximum atomic E-state index is 13.2. The van der Waals surface area contributed by atoms with Crippen LogP contribution in [0.25, 0.3) is 0 Å². The molecule has 0 aromatic heterocycles. The smallest absolute Gasteiger partial charge is 0.344 e. The molecular formula is C17H19F3N2. The van der Waals surface area contributed by atoms with Gasteiger partial charge in [0.25, 0.3) is 0 Å². The zero-order valence-electron chi connectivity index (χ0n) is 12.3. The van der Waals surface area contributed by atoms with Crippen LogP contribution in [-0.4, -0.2) is 12.4 Å². The van der Waals surface area contributed by atoms with E-state index in [-0.39, 0.29) is 5.56 Å². The van der Waals surface area contributed by atoms with E-state index in [0.29, 0.717) is 18.3 Å². The van der Waals surface area contributed by atoms with Crippen molar-refractivity contribution in [1.82, 2.24) is 5.32 Å². The minimum Gasteiger partial charge on any atom is -0.344 e. The second-order valence-electron chi connectivity index (χ2n) is 5.85.